The van der Waals surface area contributed by atoms with Gasteiger partial charge in [-0.15, -0.1) is 0 Å². The summed E-state index contributed by atoms with van der Waals surface area (Å²) in [6.45, 7) is 2.77. The summed E-state index contributed by atoms with van der Waals surface area (Å²) in [5.41, 5.74) is 1.39. The van der Waals surface area contributed by atoms with E-state index in [1.165, 1.54) is 0 Å². The third kappa shape index (κ3) is 4.03. The molecule has 0 fully saturated rings. The van der Waals surface area contributed by atoms with Gasteiger partial charge in [-0.3, -0.25) is 4.79 Å². The molecule has 0 spiro atoms. The van der Waals surface area contributed by atoms with Crippen LogP contribution in [0.4, 0.5) is 0 Å². The minimum Gasteiger partial charge on any atom is -0.493 e. The first-order chi connectivity index (χ1) is 12.7. The van der Waals surface area contributed by atoms with E-state index in [0.29, 0.717) is 30.9 Å². The predicted molar refractivity (Wildman–Crippen MR) is 103 cm³/mol. The summed E-state index contributed by atoms with van der Waals surface area (Å²) in [6.07, 6.45) is -0.153. The molecule has 0 heterocycles. The van der Waals surface area contributed by atoms with Crippen molar-refractivity contribution in [1.29, 1.82) is 0 Å². The van der Waals surface area contributed by atoms with Crippen molar-refractivity contribution in [2.75, 3.05) is 13.2 Å². The van der Waals surface area contributed by atoms with Gasteiger partial charge in [-0.05, 0) is 35.7 Å². The Morgan fingerprint density at radius 3 is 2.54 bits per heavy atom. The summed E-state index contributed by atoms with van der Waals surface area (Å²) in [4.78, 5) is 12.8. The zero-order valence-electron chi connectivity index (χ0n) is 14.8. The molecule has 0 radical (unpaired) electrons. The molecule has 4 heteroatoms. The van der Waals surface area contributed by atoms with Crippen molar-refractivity contribution < 1.29 is 14.6 Å². The van der Waals surface area contributed by atoms with Gasteiger partial charge in [0.1, 0.15) is 5.75 Å². The number of aliphatic hydroxyl groups excluding tert-OH is 1. The Morgan fingerprint density at radius 1 is 1.04 bits per heavy atom. The lowest BCUT2D eigenvalue weighted by atomic mass is 10.0. The van der Waals surface area contributed by atoms with Gasteiger partial charge in [0.05, 0.1) is 18.3 Å². The topological polar surface area (TPSA) is 58.6 Å². The van der Waals surface area contributed by atoms with Crippen LogP contribution in [-0.2, 0) is 0 Å². The van der Waals surface area contributed by atoms with E-state index in [4.69, 9.17) is 4.74 Å². The highest BCUT2D eigenvalue weighted by molar-refractivity contribution is 6.09. The molecule has 0 aliphatic rings. The summed E-state index contributed by atoms with van der Waals surface area (Å²) in [5.74, 6) is 0.387. The lowest BCUT2D eigenvalue weighted by Gasteiger charge is -2.15. The number of fused-ring (bicyclic) bond motifs is 1. The second-order valence-electron chi connectivity index (χ2n) is 6.06. The molecule has 4 nitrogen and oxygen atoms in total. The van der Waals surface area contributed by atoms with E-state index in [1.54, 1.807) is 0 Å². The van der Waals surface area contributed by atoms with Crippen LogP contribution in [0.25, 0.3) is 10.8 Å². The van der Waals surface area contributed by atoms with Crippen molar-refractivity contribution in [2.24, 2.45) is 0 Å². The van der Waals surface area contributed by atoms with Crippen molar-refractivity contribution in [3.63, 3.8) is 0 Å². The van der Waals surface area contributed by atoms with Crippen LogP contribution >= 0.6 is 0 Å². The Morgan fingerprint density at radius 2 is 1.77 bits per heavy atom. The molecule has 0 saturated carbocycles. The highest BCUT2D eigenvalue weighted by Gasteiger charge is 2.17. The number of hydrogen-bond donors (Lipinski definition) is 2. The van der Waals surface area contributed by atoms with E-state index in [1.807, 2.05) is 73.7 Å². The van der Waals surface area contributed by atoms with Crippen molar-refractivity contribution in [3.05, 3.63) is 77.9 Å². The minimum absolute atomic E-state index is 0.189. The van der Waals surface area contributed by atoms with Crippen LogP contribution in [0, 0.1) is 0 Å². The van der Waals surface area contributed by atoms with Gasteiger partial charge in [0.15, 0.2) is 0 Å². The van der Waals surface area contributed by atoms with E-state index in [-0.39, 0.29) is 5.91 Å². The summed E-state index contributed by atoms with van der Waals surface area (Å²) in [7, 11) is 0. The van der Waals surface area contributed by atoms with Crippen LogP contribution in [0.2, 0.25) is 0 Å². The molecule has 0 bridgehead atoms. The Hall–Kier alpha value is -2.85. The number of carbonyl (C=O) groups is 1. The Balaban J connectivity index is 1.74. The van der Waals surface area contributed by atoms with Gasteiger partial charge in [-0.1, -0.05) is 60.7 Å². The second-order valence-corrected chi connectivity index (χ2v) is 6.06. The van der Waals surface area contributed by atoms with E-state index in [0.717, 1.165) is 16.3 Å². The third-order valence-corrected chi connectivity index (χ3v) is 4.31. The maximum Gasteiger partial charge on any atom is 0.255 e. The SMILES string of the molecule is CCOc1ccc2ccccc2c1C(=O)NCCC(O)c1ccccc1. The van der Waals surface area contributed by atoms with Gasteiger partial charge in [0, 0.05) is 6.54 Å². The molecule has 0 aromatic heterocycles. The largest absolute Gasteiger partial charge is 0.493 e. The van der Waals surface area contributed by atoms with Gasteiger partial charge in [0.2, 0.25) is 0 Å². The summed E-state index contributed by atoms with van der Waals surface area (Å²) >= 11 is 0. The Bertz CT molecular complexity index is 877. The van der Waals surface area contributed by atoms with E-state index in [9.17, 15) is 9.90 Å². The molecule has 1 amide bonds. The van der Waals surface area contributed by atoms with Crippen molar-refractivity contribution in [1.82, 2.24) is 5.32 Å². The van der Waals surface area contributed by atoms with Crippen LogP contribution in [-0.4, -0.2) is 24.2 Å². The predicted octanol–water partition coefficient (Wildman–Crippen LogP) is 4.09. The molecular formula is C22H23NO3. The fourth-order valence-corrected chi connectivity index (χ4v) is 3.01. The van der Waals surface area contributed by atoms with Gasteiger partial charge in [-0.25, -0.2) is 0 Å². The van der Waals surface area contributed by atoms with Gasteiger partial charge < -0.3 is 15.2 Å². The van der Waals surface area contributed by atoms with Gasteiger partial charge >= 0.3 is 0 Å². The van der Waals surface area contributed by atoms with Crippen molar-refractivity contribution >= 4 is 16.7 Å². The zero-order valence-corrected chi connectivity index (χ0v) is 14.8. The molecule has 3 aromatic carbocycles. The fraction of sp³-hybridized carbons (Fsp3) is 0.227. The molecule has 26 heavy (non-hydrogen) atoms. The quantitative estimate of drug-likeness (QED) is 0.675. The van der Waals surface area contributed by atoms with Crippen LogP contribution < -0.4 is 10.1 Å². The molecule has 3 aromatic rings. The van der Waals surface area contributed by atoms with Crippen molar-refractivity contribution in [2.45, 2.75) is 19.4 Å². The molecule has 1 unspecified atom stereocenters. The molecular weight excluding hydrogens is 326 g/mol. The zero-order chi connectivity index (χ0) is 18.4. The first-order valence-electron chi connectivity index (χ1n) is 8.86. The lowest BCUT2D eigenvalue weighted by molar-refractivity contribution is 0.0940. The number of aliphatic hydroxyl groups is 1. The number of ether oxygens (including phenoxy) is 1. The molecule has 0 aliphatic heterocycles. The Labute approximate surface area is 153 Å². The van der Waals surface area contributed by atoms with Gasteiger partial charge in [-0.2, -0.15) is 0 Å². The summed E-state index contributed by atoms with van der Waals surface area (Å²) in [6, 6.07) is 21.0. The summed E-state index contributed by atoms with van der Waals surface area (Å²) < 4.78 is 5.65. The number of amides is 1. The highest BCUT2D eigenvalue weighted by Crippen LogP contribution is 2.28. The monoisotopic (exact) mass is 349 g/mol. The highest BCUT2D eigenvalue weighted by atomic mass is 16.5. The molecule has 0 saturated heterocycles. The summed E-state index contributed by atoms with van der Waals surface area (Å²) in [5, 5.41) is 15.0. The van der Waals surface area contributed by atoms with Crippen molar-refractivity contribution in [3.8, 4) is 5.75 Å². The third-order valence-electron chi connectivity index (χ3n) is 4.31. The van der Waals surface area contributed by atoms with Crippen LogP contribution in [0.3, 0.4) is 0 Å². The Kier molecular flexibility index (Phi) is 5.87. The average molecular weight is 349 g/mol. The number of benzene rings is 3. The number of hydrogen-bond acceptors (Lipinski definition) is 3. The van der Waals surface area contributed by atoms with Crippen LogP contribution in [0.1, 0.15) is 35.4 Å². The number of rotatable bonds is 7. The molecule has 3 rings (SSSR count). The molecule has 0 aliphatic carbocycles. The second kappa shape index (κ2) is 8.50. The molecule has 2 N–H and O–H groups in total. The van der Waals surface area contributed by atoms with E-state index < -0.39 is 6.10 Å². The first-order valence-corrected chi connectivity index (χ1v) is 8.86. The van der Waals surface area contributed by atoms with Crippen LogP contribution in [0.5, 0.6) is 5.75 Å². The first kappa shape index (κ1) is 18.0. The maximum atomic E-state index is 12.8. The average Bonchev–Trinajstić information content (AvgIpc) is 2.68. The lowest BCUT2D eigenvalue weighted by Crippen LogP contribution is -2.26. The minimum atomic E-state index is -0.602. The smallest absolute Gasteiger partial charge is 0.255 e. The van der Waals surface area contributed by atoms with Crippen LogP contribution in [0.15, 0.2) is 66.7 Å². The van der Waals surface area contributed by atoms with E-state index >= 15 is 0 Å². The molecule has 1 atom stereocenters. The van der Waals surface area contributed by atoms with E-state index in [2.05, 4.69) is 5.32 Å². The van der Waals surface area contributed by atoms with Gasteiger partial charge in [0.25, 0.3) is 5.91 Å². The molecule has 134 valence electrons. The number of carbonyl (C=O) groups excluding carboxylic acids is 1. The maximum absolute atomic E-state index is 12.8. The normalized spacial score (nSPS) is 11.9. The number of nitrogens with one attached hydrogen (secondary N) is 1. The fourth-order valence-electron chi connectivity index (χ4n) is 3.01. The standard InChI is InChI=1S/C22H23NO3/c1-2-26-20-13-12-16-8-6-7-11-18(16)21(20)22(25)23-15-14-19(24)17-9-4-3-5-10-17/h3-13,19,24H,2,14-15H2,1H3,(H,23,25).